The molecule has 1 saturated heterocycles. The molecule has 1 N–H and O–H groups in total. The molecule has 0 bridgehead atoms. The first-order valence-electron chi connectivity index (χ1n) is 7.14. The number of aliphatic hydroxyl groups is 1. The second-order valence-corrected chi connectivity index (χ2v) is 6.56. The summed E-state index contributed by atoms with van der Waals surface area (Å²) in [6.07, 6.45) is 4.32. The Morgan fingerprint density at radius 1 is 1.42 bits per heavy atom. The summed E-state index contributed by atoms with van der Waals surface area (Å²) in [5.41, 5.74) is 2.08. The van der Waals surface area contributed by atoms with Crippen LogP contribution in [0.4, 0.5) is 5.69 Å². The molecule has 2 rings (SSSR count). The zero-order valence-electron chi connectivity index (χ0n) is 12.5. The van der Waals surface area contributed by atoms with Crippen LogP contribution in [-0.4, -0.2) is 28.2 Å². The quantitative estimate of drug-likeness (QED) is 0.911. The van der Waals surface area contributed by atoms with Crippen molar-refractivity contribution in [1.29, 1.82) is 0 Å². The molecule has 4 heteroatoms. The molecule has 0 aromatic carbocycles. The van der Waals surface area contributed by atoms with E-state index >= 15 is 0 Å². The smallest absolute Gasteiger partial charge is 0.131 e. The molecule has 1 fully saturated rings. The lowest BCUT2D eigenvalue weighted by atomic mass is 9.84. The van der Waals surface area contributed by atoms with Crippen molar-refractivity contribution in [3.05, 3.63) is 17.7 Å². The number of aromatic nitrogens is 2. The Morgan fingerprint density at radius 3 is 2.74 bits per heavy atom. The fourth-order valence-corrected chi connectivity index (χ4v) is 2.71. The minimum Gasteiger partial charge on any atom is -0.390 e. The van der Waals surface area contributed by atoms with Crippen LogP contribution in [0, 0.1) is 5.41 Å². The minimum absolute atomic E-state index is 0.0193. The van der Waals surface area contributed by atoms with Crippen LogP contribution in [0.5, 0.6) is 0 Å². The Kier molecular flexibility index (Phi) is 4.09. The monoisotopic (exact) mass is 263 g/mol. The Hall–Kier alpha value is -1.16. The van der Waals surface area contributed by atoms with Gasteiger partial charge in [-0.2, -0.15) is 0 Å². The molecule has 2 heterocycles. The lowest BCUT2D eigenvalue weighted by molar-refractivity contribution is 0.271. The fourth-order valence-electron chi connectivity index (χ4n) is 2.71. The van der Waals surface area contributed by atoms with E-state index in [1.165, 1.54) is 12.8 Å². The minimum atomic E-state index is -0.0193. The van der Waals surface area contributed by atoms with Crippen molar-refractivity contribution in [2.75, 3.05) is 18.0 Å². The first-order valence-corrected chi connectivity index (χ1v) is 7.14. The van der Waals surface area contributed by atoms with E-state index in [0.29, 0.717) is 5.41 Å². The number of hydrogen-bond acceptors (Lipinski definition) is 4. The summed E-state index contributed by atoms with van der Waals surface area (Å²) in [6, 6.07) is 0. The molecule has 106 valence electrons. The molecule has 1 aliphatic rings. The Bertz CT molecular complexity index is 443. The third kappa shape index (κ3) is 3.24. The Labute approximate surface area is 115 Å². The normalized spacial score (nSPS) is 18.9. The first kappa shape index (κ1) is 14.3. The Balaban J connectivity index is 2.29. The van der Waals surface area contributed by atoms with Gasteiger partial charge in [0.2, 0.25) is 0 Å². The van der Waals surface area contributed by atoms with E-state index < -0.39 is 0 Å². The van der Waals surface area contributed by atoms with Crippen molar-refractivity contribution < 1.29 is 5.11 Å². The number of hydrogen-bond donors (Lipinski definition) is 1. The maximum Gasteiger partial charge on any atom is 0.131 e. The van der Waals surface area contributed by atoms with Crippen molar-refractivity contribution in [3.63, 3.8) is 0 Å². The summed E-state index contributed by atoms with van der Waals surface area (Å²) in [6.45, 7) is 10.7. The SMILES string of the molecule is CC(C)c1ncc(N2CCCC(C)(C)C2)c(CO)n1. The second-order valence-electron chi connectivity index (χ2n) is 6.56. The third-order valence-corrected chi connectivity index (χ3v) is 3.77. The highest BCUT2D eigenvalue weighted by atomic mass is 16.3. The topological polar surface area (TPSA) is 49.2 Å². The summed E-state index contributed by atoms with van der Waals surface area (Å²) in [7, 11) is 0. The molecule has 4 nitrogen and oxygen atoms in total. The predicted molar refractivity (Wildman–Crippen MR) is 77.3 cm³/mol. The molecule has 0 saturated carbocycles. The molecule has 0 amide bonds. The first-order chi connectivity index (χ1) is 8.93. The van der Waals surface area contributed by atoms with Crippen LogP contribution < -0.4 is 4.90 Å². The van der Waals surface area contributed by atoms with E-state index in [-0.39, 0.29) is 12.5 Å². The van der Waals surface area contributed by atoms with Gasteiger partial charge in [0, 0.05) is 19.0 Å². The molecule has 19 heavy (non-hydrogen) atoms. The van der Waals surface area contributed by atoms with Crippen molar-refractivity contribution in [3.8, 4) is 0 Å². The number of piperidine rings is 1. The largest absolute Gasteiger partial charge is 0.390 e. The van der Waals surface area contributed by atoms with Crippen LogP contribution in [0.15, 0.2) is 6.20 Å². The molecular weight excluding hydrogens is 238 g/mol. The van der Waals surface area contributed by atoms with Gasteiger partial charge in [0.1, 0.15) is 5.82 Å². The van der Waals surface area contributed by atoms with Crippen LogP contribution >= 0.6 is 0 Å². The van der Waals surface area contributed by atoms with E-state index in [2.05, 4.69) is 42.6 Å². The lowest BCUT2D eigenvalue weighted by Crippen LogP contribution is -2.40. The van der Waals surface area contributed by atoms with Gasteiger partial charge in [0.15, 0.2) is 0 Å². The summed E-state index contributed by atoms with van der Waals surface area (Å²) < 4.78 is 0. The van der Waals surface area contributed by atoms with Crippen molar-refractivity contribution in [2.24, 2.45) is 5.41 Å². The van der Waals surface area contributed by atoms with Gasteiger partial charge >= 0.3 is 0 Å². The zero-order chi connectivity index (χ0) is 14.0. The van der Waals surface area contributed by atoms with E-state index in [1.54, 1.807) is 0 Å². The van der Waals surface area contributed by atoms with Crippen LogP contribution in [0.1, 0.15) is 58.0 Å². The van der Waals surface area contributed by atoms with Gasteiger partial charge < -0.3 is 10.0 Å². The van der Waals surface area contributed by atoms with Gasteiger partial charge in [-0.15, -0.1) is 0 Å². The molecule has 1 aromatic rings. The van der Waals surface area contributed by atoms with Gasteiger partial charge in [0.25, 0.3) is 0 Å². The molecule has 0 aliphatic carbocycles. The standard InChI is InChI=1S/C15H25N3O/c1-11(2)14-16-8-13(12(9-19)17-14)18-7-5-6-15(3,4)10-18/h8,11,19H,5-7,9-10H2,1-4H3. The van der Waals surface area contributed by atoms with E-state index in [0.717, 1.165) is 30.3 Å². The summed E-state index contributed by atoms with van der Waals surface area (Å²) >= 11 is 0. The average molecular weight is 263 g/mol. The van der Waals surface area contributed by atoms with Crippen molar-refractivity contribution in [1.82, 2.24) is 9.97 Å². The van der Waals surface area contributed by atoms with Gasteiger partial charge in [0.05, 0.1) is 24.2 Å². The maximum atomic E-state index is 9.57. The van der Waals surface area contributed by atoms with Gasteiger partial charge in [-0.1, -0.05) is 27.7 Å². The van der Waals surface area contributed by atoms with Gasteiger partial charge in [-0.3, -0.25) is 0 Å². The van der Waals surface area contributed by atoms with Gasteiger partial charge in [-0.05, 0) is 18.3 Å². The molecule has 0 unspecified atom stereocenters. The number of aliphatic hydroxyl groups excluding tert-OH is 1. The molecular formula is C15H25N3O. The van der Waals surface area contributed by atoms with E-state index in [1.807, 2.05) is 6.20 Å². The van der Waals surface area contributed by atoms with E-state index in [4.69, 9.17) is 0 Å². The second kappa shape index (κ2) is 5.45. The molecule has 0 atom stereocenters. The molecule has 1 aromatic heterocycles. The van der Waals surface area contributed by atoms with Crippen molar-refractivity contribution in [2.45, 2.75) is 53.1 Å². The number of rotatable bonds is 3. The summed E-state index contributed by atoms with van der Waals surface area (Å²) in [4.78, 5) is 11.3. The zero-order valence-corrected chi connectivity index (χ0v) is 12.5. The third-order valence-electron chi connectivity index (χ3n) is 3.77. The van der Waals surface area contributed by atoms with E-state index in [9.17, 15) is 5.11 Å². The fraction of sp³-hybridized carbons (Fsp3) is 0.733. The highest BCUT2D eigenvalue weighted by molar-refractivity contribution is 5.49. The summed E-state index contributed by atoms with van der Waals surface area (Å²) in [5.74, 6) is 1.10. The predicted octanol–water partition coefficient (Wildman–Crippen LogP) is 2.72. The number of anilines is 1. The van der Waals surface area contributed by atoms with Gasteiger partial charge in [-0.25, -0.2) is 9.97 Å². The Morgan fingerprint density at radius 2 is 2.16 bits per heavy atom. The molecule has 1 aliphatic heterocycles. The van der Waals surface area contributed by atoms with Crippen molar-refractivity contribution >= 4 is 5.69 Å². The molecule has 0 spiro atoms. The number of nitrogens with zero attached hydrogens (tertiary/aromatic N) is 3. The summed E-state index contributed by atoms with van der Waals surface area (Å²) in [5, 5.41) is 9.57. The highest BCUT2D eigenvalue weighted by Gasteiger charge is 2.28. The molecule has 0 radical (unpaired) electrons. The van der Waals surface area contributed by atoms with Crippen LogP contribution in [0.3, 0.4) is 0 Å². The average Bonchev–Trinajstić information content (AvgIpc) is 2.36. The van der Waals surface area contributed by atoms with Crippen LogP contribution in [0.2, 0.25) is 0 Å². The lowest BCUT2D eigenvalue weighted by Gasteiger charge is -2.39. The van der Waals surface area contributed by atoms with Crippen LogP contribution in [-0.2, 0) is 6.61 Å². The van der Waals surface area contributed by atoms with Crippen LogP contribution in [0.25, 0.3) is 0 Å². The highest BCUT2D eigenvalue weighted by Crippen LogP contribution is 2.32. The maximum absolute atomic E-state index is 9.57.